The quantitative estimate of drug-likeness (QED) is 0.538. The highest BCUT2D eigenvalue weighted by molar-refractivity contribution is 5.83. The lowest BCUT2D eigenvalue weighted by Crippen LogP contribution is -2.29. The van der Waals surface area contributed by atoms with Gasteiger partial charge in [0.1, 0.15) is 5.78 Å². The fourth-order valence-corrected chi connectivity index (χ4v) is 1.61. The van der Waals surface area contributed by atoms with Gasteiger partial charge in [-0.05, 0) is 18.4 Å². The zero-order valence-electron chi connectivity index (χ0n) is 10.7. The van der Waals surface area contributed by atoms with E-state index in [0.29, 0.717) is 26.1 Å². The van der Waals surface area contributed by atoms with Gasteiger partial charge in [-0.15, -0.1) is 6.58 Å². The van der Waals surface area contributed by atoms with Crippen molar-refractivity contribution in [2.75, 3.05) is 6.61 Å². The Bertz CT molecular complexity index is 362. The monoisotopic (exact) mass is 247 g/mol. The molecule has 18 heavy (non-hydrogen) atoms. The van der Waals surface area contributed by atoms with Crippen LogP contribution in [0.2, 0.25) is 0 Å². The summed E-state index contributed by atoms with van der Waals surface area (Å²) < 4.78 is 5.50. The van der Waals surface area contributed by atoms with E-state index < -0.39 is 6.04 Å². The fourth-order valence-electron chi connectivity index (χ4n) is 1.61. The van der Waals surface area contributed by atoms with Crippen molar-refractivity contribution in [1.82, 2.24) is 0 Å². The van der Waals surface area contributed by atoms with Crippen molar-refractivity contribution in [3.8, 4) is 0 Å². The van der Waals surface area contributed by atoms with Crippen LogP contribution in [0.5, 0.6) is 0 Å². The normalized spacial score (nSPS) is 12.1. The summed E-state index contributed by atoms with van der Waals surface area (Å²) in [5, 5.41) is 0. The minimum Gasteiger partial charge on any atom is -0.377 e. The Labute approximate surface area is 109 Å². The van der Waals surface area contributed by atoms with Crippen LogP contribution in [-0.2, 0) is 16.1 Å². The summed E-state index contributed by atoms with van der Waals surface area (Å²) >= 11 is 0. The van der Waals surface area contributed by atoms with Gasteiger partial charge in [0, 0.05) is 13.0 Å². The molecule has 1 aromatic carbocycles. The molecule has 2 N–H and O–H groups in total. The summed E-state index contributed by atoms with van der Waals surface area (Å²) in [7, 11) is 0. The summed E-state index contributed by atoms with van der Waals surface area (Å²) in [6.45, 7) is 4.75. The molecule has 98 valence electrons. The molecule has 1 atom stereocenters. The molecule has 3 nitrogen and oxygen atoms in total. The molecule has 0 bridgehead atoms. The van der Waals surface area contributed by atoms with Gasteiger partial charge in [0.25, 0.3) is 0 Å². The van der Waals surface area contributed by atoms with Crippen LogP contribution in [0.15, 0.2) is 43.0 Å². The Hall–Kier alpha value is -1.45. The van der Waals surface area contributed by atoms with E-state index in [2.05, 4.69) is 6.58 Å². The molecule has 0 spiro atoms. The van der Waals surface area contributed by atoms with Crippen LogP contribution < -0.4 is 5.73 Å². The first-order valence-electron chi connectivity index (χ1n) is 6.25. The molecule has 0 radical (unpaired) electrons. The van der Waals surface area contributed by atoms with E-state index in [4.69, 9.17) is 10.5 Å². The first-order valence-corrected chi connectivity index (χ1v) is 6.25. The molecule has 0 saturated heterocycles. The molecular weight excluding hydrogens is 226 g/mol. The van der Waals surface area contributed by atoms with Gasteiger partial charge in [0.2, 0.25) is 0 Å². The van der Waals surface area contributed by atoms with E-state index in [0.717, 1.165) is 12.0 Å². The van der Waals surface area contributed by atoms with Crippen molar-refractivity contribution in [3.05, 3.63) is 48.6 Å². The predicted molar refractivity (Wildman–Crippen MR) is 73.1 cm³/mol. The van der Waals surface area contributed by atoms with Crippen molar-refractivity contribution in [2.24, 2.45) is 5.73 Å². The number of hydrogen-bond acceptors (Lipinski definition) is 3. The molecule has 0 heterocycles. The van der Waals surface area contributed by atoms with E-state index in [1.54, 1.807) is 6.08 Å². The predicted octanol–water partition coefficient (Wildman–Crippen LogP) is 2.46. The second-order valence-corrected chi connectivity index (χ2v) is 4.24. The highest BCUT2D eigenvalue weighted by atomic mass is 16.5. The number of ether oxygens (including phenoxy) is 1. The molecular formula is C15H21NO2. The number of carbonyl (C=O) groups excluding carboxylic acids is 1. The Morgan fingerprint density at radius 2 is 2.11 bits per heavy atom. The average molecular weight is 247 g/mol. The fraction of sp³-hybridized carbons (Fsp3) is 0.400. The van der Waals surface area contributed by atoms with Crippen molar-refractivity contribution in [2.45, 2.75) is 31.9 Å². The molecule has 0 aromatic heterocycles. The van der Waals surface area contributed by atoms with E-state index in [1.807, 2.05) is 30.3 Å². The third-order valence-corrected chi connectivity index (χ3v) is 2.66. The van der Waals surface area contributed by atoms with E-state index in [1.165, 1.54) is 0 Å². The SMILES string of the molecule is C=CCC(N)C(=O)CCCOCc1ccccc1. The Kier molecular flexibility index (Phi) is 6.99. The van der Waals surface area contributed by atoms with Gasteiger partial charge in [0.05, 0.1) is 12.6 Å². The maximum absolute atomic E-state index is 11.5. The van der Waals surface area contributed by atoms with Crippen molar-refractivity contribution in [3.63, 3.8) is 0 Å². The Morgan fingerprint density at radius 3 is 2.78 bits per heavy atom. The maximum atomic E-state index is 11.5. The van der Waals surface area contributed by atoms with Crippen molar-refractivity contribution < 1.29 is 9.53 Å². The second kappa shape index (κ2) is 8.61. The molecule has 0 aliphatic carbocycles. The topological polar surface area (TPSA) is 52.3 Å². The van der Waals surface area contributed by atoms with Gasteiger partial charge in [-0.3, -0.25) is 4.79 Å². The zero-order chi connectivity index (χ0) is 13.2. The molecule has 0 amide bonds. The van der Waals surface area contributed by atoms with Crippen molar-refractivity contribution >= 4 is 5.78 Å². The number of nitrogens with two attached hydrogens (primary N) is 1. The van der Waals surface area contributed by atoms with Gasteiger partial charge >= 0.3 is 0 Å². The lowest BCUT2D eigenvalue weighted by Gasteiger charge is -2.08. The molecule has 1 aromatic rings. The zero-order valence-corrected chi connectivity index (χ0v) is 10.7. The van der Waals surface area contributed by atoms with E-state index >= 15 is 0 Å². The first kappa shape index (κ1) is 14.6. The van der Waals surface area contributed by atoms with Crippen LogP contribution in [0.3, 0.4) is 0 Å². The number of carbonyl (C=O) groups is 1. The van der Waals surface area contributed by atoms with Crippen molar-refractivity contribution in [1.29, 1.82) is 0 Å². The number of benzene rings is 1. The van der Waals surface area contributed by atoms with Crippen LogP contribution in [0, 0.1) is 0 Å². The third kappa shape index (κ3) is 5.75. The lowest BCUT2D eigenvalue weighted by atomic mass is 10.1. The highest BCUT2D eigenvalue weighted by Crippen LogP contribution is 2.03. The van der Waals surface area contributed by atoms with Gasteiger partial charge in [-0.1, -0.05) is 36.4 Å². The number of rotatable bonds is 9. The number of Topliss-reactive ketones (excluding diaryl/α,β-unsaturated/α-hetero) is 1. The highest BCUT2D eigenvalue weighted by Gasteiger charge is 2.10. The minimum absolute atomic E-state index is 0.0817. The Balaban J connectivity index is 2.08. The van der Waals surface area contributed by atoms with Gasteiger partial charge in [-0.25, -0.2) is 0 Å². The van der Waals surface area contributed by atoms with Crippen LogP contribution in [0.1, 0.15) is 24.8 Å². The molecule has 3 heteroatoms. The number of ketones is 1. The average Bonchev–Trinajstić information content (AvgIpc) is 2.39. The summed E-state index contributed by atoms with van der Waals surface area (Å²) in [6, 6.07) is 9.57. The van der Waals surface area contributed by atoms with E-state index in [9.17, 15) is 4.79 Å². The third-order valence-electron chi connectivity index (χ3n) is 2.66. The summed E-state index contributed by atoms with van der Waals surface area (Å²) in [5.74, 6) is 0.0817. The maximum Gasteiger partial charge on any atom is 0.149 e. The van der Waals surface area contributed by atoms with E-state index in [-0.39, 0.29) is 5.78 Å². The van der Waals surface area contributed by atoms with Crippen LogP contribution in [-0.4, -0.2) is 18.4 Å². The van der Waals surface area contributed by atoms with Gasteiger partial charge < -0.3 is 10.5 Å². The first-order chi connectivity index (χ1) is 8.74. The summed E-state index contributed by atoms with van der Waals surface area (Å²) in [4.78, 5) is 11.5. The summed E-state index contributed by atoms with van der Waals surface area (Å²) in [6.07, 6.45) is 3.42. The smallest absolute Gasteiger partial charge is 0.149 e. The second-order valence-electron chi connectivity index (χ2n) is 4.24. The minimum atomic E-state index is -0.406. The van der Waals surface area contributed by atoms with Gasteiger partial charge in [-0.2, -0.15) is 0 Å². The van der Waals surface area contributed by atoms with Gasteiger partial charge in [0.15, 0.2) is 0 Å². The Morgan fingerprint density at radius 1 is 1.39 bits per heavy atom. The number of hydrogen-bond donors (Lipinski definition) is 1. The lowest BCUT2D eigenvalue weighted by molar-refractivity contribution is -0.120. The van der Waals surface area contributed by atoms with Crippen LogP contribution in [0.4, 0.5) is 0 Å². The molecule has 0 fully saturated rings. The molecule has 0 aliphatic rings. The largest absolute Gasteiger partial charge is 0.377 e. The molecule has 0 saturated carbocycles. The summed E-state index contributed by atoms with van der Waals surface area (Å²) in [5.41, 5.74) is 6.82. The molecule has 1 unspecified atom stereocenters. The molecule has 0 aliphatic heterocycles. The van der Waals surface area contributed by atoms with Crippen LogP contribution >= 0.6 is 0 Å². The van der Waals surface area contributed by atoms with Crippen LogP contribution in [0.25, 0.3) is 0 Å². The standard InChI is InChI=1S/C15H21NO2/c1-2-7-14(16)15(17)10-6-11-18-12-13-8-4-3-5-9-13/h2-5,8-9,14H,1,6-7,10-12,16H2. The molecule has 1 rings (SSSR count).